The molecule has 0 saturated carbocycles. The van der Waals surface area contributed by atoms with Gasteiger partial charge in [-0.15, -0.1) is 11.3 Å². The van der Waals surface area contributed by atoms with E-state index in [2.05, 4.69) is 22.4 Å². The van der Waals surface area contributed by atoms with Crippen LogP contribution in [0.1, 0.15) is 47.3 Å². The maximum Gasteiger partial charge on any atom is 0.267 e. The molecular formula is C24H26ClN3O6S2. The lowest BCUT2D eigenvalue weighted by atomic mass is 9.99. The summed E-state index contributed by atoms with van der Waals surface area (Å²) in [5.74, 6) is -1.31. The Labute approximate surface area is 218 Å². The molecule has 1 aromatic carbocycles. The topological polar surface area (TPSA) is 139 Å². The van der Waals surface area contributed by atoms with Crippen LogP contribution in [0.15, 0.2) is 34.2 Å². The van der Waals surface area contributed by atoms with Crippen LogP contribution in [0.2, 0.25) is 5.02 Å². The Kier molecular flexibility index (Phi) is 8.09. The van der Waals surface area contributed by atoms with Crippen LogP contribution in [0, 0.1) is 34.6 Å². The number of hydrogen-bond donors (Lipinski definition) is 3. The molecule has 0 aliphatic heterocycles. The molecule has 0 bridgehead atoms. The number of Topliss-reactive ketones (excluding diaryl/α,β-unsaturated/α-hetero) is 1. The monoisotopic (exact) mass is 551 g/mol. The summed E-state index contributed by atoms with van der Waals surface area (Å²) in [5.41, 5.74) is 2.48. The molecule has 0 aliphatic rings. The number of thiophene rings is 1. The van der Waals surface area contributed by atoms with E-state index < -0.39 is 33.5 Å². The van der Waals surface area contributed by atoms with Gasteiger partial charge in [0, 0.05) is 10.4 Å². The van der Waals surface area contributed by atoms with Gasteiger partial charge in [-0.25, -0.2) is 8.42 Å². The number of nitrogens with one attached hydrogen (secondary N) is 2. The van der Waals surface area contributed by atoms with Gasteiger partial charge >= 0.3 is 0 Å². The molecule has 1 atom stereocenters. The minimum Gasteiger partial charge on any atom is -0.388 e. The van der Waals surface area contributed by atoms with Gasteiger partial charge < -0.3 is 20.3 Å². The summed E-state index contributed by atoms with van der Waals surface area (Å²) >= 11 is 7.15. The van der Waals surface area contributed by atoms with E-state index in [-0.39, 0.29) is 31.9 Å². The van der Waals surface area contributed by atoms with Crippen LogP contribution in [-0.2, 0) is 9.84 Å². The fourth-order valence-corrected chi connectivity index (χ4v) is 7.07. The lowest BCUT2D eigenvalue weighted by Crippen LogP contribution is -2.29. The maximum absolute atomic E-state index is 13.7. The minimum atomic E-state index is -4.22. The molecule has 3 N–H and O–H groups in total. The van der Waals surface area contributed by atoms with Crippen molar-refractivity contribution in [3.63, 3.8) is 0 Å². The average molecular weight is 552 g/mol. The number of aromatic nitrogens is 1. The summed E-state index contributed by atoms with van der Waals surface area (Å²) < 4.78 is 32.5. The van der Waals surface area contributed by atoms with Gasteiger partial charge in [-0.2, -0.15) is 0 Å². The molecule has 3 aromatic rings. The first-order chi connectivity index (χ1) is 16.8. The molecule has 0 aliphatic carbocycles. The predicted molar refractivity (Wildman–Crippen MR) is 140 cm³/mol. The first kappa shape index (κ1) is 27.6. The Morgan fingerprint density at radius 3 is 2.47 bits per heavy atom. The zero-order valence-electron chi connectivity index (χ0n) is 20.4. The SMILES string of the molecule is C=CC(Nc1onc(C)c1Cl)S(=O)(=O)c1c(C(=O)Nc2cc(C)cc(C)c2C(=O)CO)sc(C)c1C. The number of sulfone groups is 1. The Bertz CT molecular complexity index is 1470. The van der Waals surface area contributed by atoms with Crippen LogP contribution >= 0.6 is 22.9 Å². The number of amides is 1. The van der Waals surface area contributed by atoms with Crippen LogP contribution in [-0.4, -0.2) is 42.4 Å². The van der Waals surface area contributed by atoms with Crippen molar-refractivity contribution in [2.24, 2.45) is 0 Å². The molecule has 2 aromatic heterocycles. The molecule has 9 nitrogen and oxygen atoms in total. The fourth-order valence-electron chi connectivity index (χ4n) is 3.76. The smallest absolute Gasteiger partial charge is 0.267 e. The van der Waals surface area contributed by atoms with Crippen molar-refractivity contribution in [1.29, 1.82) is 0 Å². The third-order valence-corrected chi connectivity index (χ3v) is 9.42. The van der Waals surface area contributed by atoms with Gasteiger partial charge in [-0.3, -0.25) is 9.59 Å². The molecular weight excluding hydrogens is 526 g/mol. The number of nitrogens with zero attached hydrogens (tertiary/aromatic N) is 1. The lowest BCUT2D eigenvalue weighted by molar-refractivity contribution is 0.0904. The van der Waals surface area contributed by atoms with E-state index in [1.165, 1.54) is 6.08 Å². The van der Waals surface area contributed by atoms with Crippen molar-refractivity contribution in [2.75, 3.05) is 17.2 Å². The van der Waals surface area contributed by atoms with E-state index >= 15 is 0 Å². The van der Waals surface area contributed by atoms with Crippen LogP contribution in [0.4, 0.5) is 11.6 Å². The van der Waals surface area contributed by atoms with Crippen molar-refractivity contribution in [1.82, 2.24) is 5.16 Å². The van der Waals surface area contributed by atoms with Crippen molar-refractivity contribution >= 4 is 56.0 Å². The van der Waals surface area contributed by atoms with Gasteiger partial charge in [0.15, 0.2) is 11.2 Å². The Hall–Kier alpha value is -2.99. The van der Waals surface area contributed by atoms with Crippen molar-refractivity contribution in [3.05, 3.63) is 67.5 Å². The molecule has 0 radical (unpaired) electrons. The highest BCUT2D eigenvalue weighted by molar-refractivity contribution is 7.92. The maximum atomic E-state index is 13.7. The molecule has 192 valence electrons. The van der Waals surface area contributed by atoms with Gasteiger partial charge in [-0.1, -0.05) is 35.5 Å². The molecule has 0 spiro atoms. The highest BCUT2D eigenvalue weighted by Crippen LogP contribution is 2.36. The number of anilines is 2. The minimum absolute atomic E-state index is 0.0411. The Morgan fingerprint density at radius 1 is 1.25 bits per heavy atom. The normalized spacial score (nSPS) is 12.3. The number of halogens is 1. The third kappa shape index (κ3) is 5.10. The third-order valence-electron chi connectivity index (χ3n) is 5.58. The number of hydrogen-bond acceptors (Lipinski definition) is 9. The number of rotatable bonds is 9. The number of aryl methyl sites for hydroxylation is 4. The number of ketones is 1. The zero-order chi connectivity index (χ0) is 26.9. The van der Waals surface area contributed by atoms with Crippen molar-refractivity contribution in [2.45, 2.75) is 44.9 Å². The highest BCUT2D eigenvalue weighted by atomic mass is 35.5. The second-order valence-electron chi connectivity index (χ2n) is 8.24. The van der Waals surface area contributed by atoms with E-state index in [1.54, 1.807) is 46.8 Å². The molecule has 36 heavy (non-hydrogen) atoms. The number of carbonyl (C=O) groups is 2. The summed E-state index contributed by atoms with van der Waals surface area (Å²) in [4.78, 5) is 26.2. The number of carbonyl (C=O) groups excluding carboxylic acids is 2. The van der Waals surface area contributed by atoms with E-state index in [0.29, 0.717) is 21.7 Å². The van der Waals surface area contributed by atoms with E-state index in [9.17, 15) is 23.1 Å². The fraction of sp³-hybridized carbons (Fsp3) is 0.292. The summed E-state index contributed by atoms with van der Waals surface area (Å²) in [7, 11) is -4.22. The summed E-state index contributed by atoms with van der Waals surface area (Å²) in [5, 5.41) is 17.2. The quantitative estimate of drug-likeness (QED) is 0.255. The highest BCUT2D eigenvalue weighted by Gasteiger charge is 2.35. The first-order valence-corrected chi connectivity index (χ1v) is 13.5. The number of aliphatic hydroxyl groups excluding tert-OH is 1. The number of benzene rings is 1. The standard InChI is InChI=1S/C24H26ClN3O6S2/c1-7-18(27-24-20(25)14(5)28-34-24)36(32,33)22-13(4)15(6)35-21(22)23(31)26-16-9-11(2)8-12(3)19(16)17(30)10-29/h7-9,18,27,29H,1,10H2,2-6H3,(H,26,31). The predicted octanol–water partition coefficient (Wildman–Crippen LogP) is 4.76. The summed E-state index contributed by atoms with van der Waals surface area (Å²) in [6, 6.07) is 3.35. The molecule has 0 fully saturated rings. The second-order valence-corrected chi connectivity index (χ2v) is 11.8. The summed E-state index contributed by atoms with van der Waals surface area (Å²) in [6.07, 6.45) is 1.17. The molecule has 12 heteroatoms. The van der Waals surface area contributed by atoms with Crippen LogP contribution in [0.5, 0.6) is 0 Å². The van der Waals surface area contributed by atoms with Gasteiger partial charge in [0.25, 0.3) is 5.91 Å². The van der Waals surface area contributed by atoms with Crippen molar-refractivity contribution in [3.8, 4) is 0 Å². The lowest BCUT2D eigenvalue weighted by Gasteiger charge is -2.17. The Balaban J connectivity index is 2.07. The number of aliphatic hydroxyl groups is 1. The largest absolute Gasteiger partial charge is 0.388 e. The van der Waals surface area contributed by atoms with Gasteiger partial charge in [-0.05, 0) is 57.4 Å². The van der Waals surface area contributed by atoms with Gasteiger partial charge in [0.05, 0.1) is 10.6 Å². The summed E-state index contributed by atoms with van der Waals surface area (Å²) in [6.45, 7) is 11.3. The van der Waals surface area contributed by atoms with Crippen molar-refractivity contribution < 1.29 is 27.6 Å². The average Bonchev–Trinajstić information content (AvgIpc) is 3.29. The van der Waals surface area contributed by atoms with Crippen LogP contribution in [0.3, 0.4) is 0 Å². The first-order valence-electron chi connectivity index (χ1n) is 10.7. The van der Waals surface area contributed by atoms with Gasteiger partial charge in [0.1, 0.15) is 22.2 Å². The van der Waals surface area contributed by atoms with E-state index in [1.807, 2.05) is 0 Å². The molecule has 1 amide bonds. The van der Waals surface area contributed by atoms with E-state index in [4.69, 9.17) is 16.1 Å². The zero-order valence-corrected chi connectivity index (χ0v) is 22.7. The molecule has 0 saturated heterocycles. The second kappa shape index (κ2) is 10.6. The molecule has 2 heterocycles. The Morgan fingerprint density at radius 2 is 1.92 bits per heavy atom. The van der Waals surface area contributed by atoms with E-state index in [0.717, 1.165) is 16.9 Å². The molecule has 1 unspecified atom stereocenters. The van der Waals surface area contributed by atoms with Crippen LogP contribution in [0.25, 0.3) is 0 Å². The molecule has 3 rings (SSSR count). The van der Waals surface area contributed by atoms with Crippen LogP contribution < -0.4 is 10.6 Å². The van der Waals surface area contributed by atoms with Gasteiger partial charge in [0.2, 0.25) is 15.7 Å².